The van der Waals surface area contributed by atoms with Crippen LogP contribution in [-0.4, -0.2) is 16.9 Å². The van der Waals surface area contributed by atoms with Crippen LogP contribution in [0.5, 0.6) is 5.75 Å². The molecule has 0 spiro atoms. The first-order chi connectivity index (χ1) is 8.28. The molecule has 2 aromatic rings. The van der Waals surface area contributed by atoms with Crippen molar-refractivity contribution in [1.82, 2.24) is 15.1 Å². The number of rotatable bonds is 2. The lowest BCUT2D eigenvalue weighted by Gasteiger charge is -2.05. The zero-order valence-corrected chi connectivity index (χ0v) is 9.97. The van der Waals surface area contributed by atoms with E-state index in [1.165, 1.54) is 5.56 Å². The van der Waals surface area contributed by atoms with Gasteiger partial charge in [-0.2, -0.15) is 5.10 Å². The van der Waals surface area contributed by atoms with E-state index in [0.717, 1.165) is 23.7 Å². The van der Waals surface area contributed by atoms with Gasteiger partial charge in [0.05, 0.1) is 18.5 Å². The van der Waals surface area contributed by atoms with E-state index in [0.29, 0.717) is 6.04 Å². The molecular weight excluding hydrogens is 214 g/mol. The number of hydrogen-bond donors (Lipinski definition) is 1. The Balaban J connectivity index is 1.96. The number of nitrogens with one attached hydrogen (secondary N) is 1. The van der Waals surface area contributed by atoms with Crippen LogP contribution in [0.4, 0.5) is 0 Å². The van der Waals surface area contributed by atoms with Gasteiger partial charge in [0.25, 0.3) is 0 Å². The zero-order valence-electron chi connectivity index (χ0n) is 9.97. The van der Waals surface area contributed by atoms with Crippen molar-refractivity contribution in [2.24, 2.45) is 0 Å². The third kappa shape index (κ3) is 1.70. The molecule has 0 saturated heterocycles. The molecule has 1 aliphatic rings. The number of methoxy groups -OCH3 is 1. The molecule has 4 heteroatoms. The van der Waals surface area contributed by atoms with E-state index in [-0.39, 0.29) is 0 Å². The number of aromatic nitrogens is 2. The van der Waals surface area contributed by atoms with Crippen molar-refractivity contribution in [3.8, 4) is 11.4 Å². The highest BCUT2D eigenvalue weighted by Gasteiger charge is 2.21. The Kier molecular flexibility index (Phi) is 2.37. The Morgan fingerprint density at radius 1 is 1.35 bits per heavy atom. The Morgan fingerprint density at radius 2 is 2.12 bits per heavy atom. The standard InChI is InChI=1S/C13H15N3O/c1-9-12-8-16(15-13(12)7-14-9)10-3-5-11(17-2)6-4-10/h3-6,8-9,14H,7H2,1-2H3. The van der Waals surface area contributed by atoms with Crippen molar-refractivity contribution in [2.45, 2.75) is 19.5 Å². The smallest absolute Gasteiger partial charge is 0.119 e. The van der Waals surface area contributed by atoms with Crippen molar-refractivity contribution in [3.63, 3.8) is 0 Å². The van der Waals surface area contributed by atoms with E-state index in [1.54, 1.807) is 7.11 Å². The summed E-state index contributed by atoms with van der Waals surface area (Å²) < 4.78 is 7.08. The van der Waals surface area contributed by atoms with Crippen LogP contribution in [0.2, 0.25) is 0 Å². The van der Waals surface area contributed by atoms with Gasteiger partial charge in [0.15, 0.2) is 0 Å². The fraction of sp³-hybridized carbons (Fsp3) is 0.308. The normalized spacial score (nSPS) is 18.1. The fourth-order valence-electron chi connectivity index (χ4n) is 2.15. The Morgan fingerprint density at radius 3 is 2.76 bits per heavy atom. The van der Waals surface area contributed by atoms with Crippen molar-refractivity contribution in [3.05, 3.63) is 41.7 Å². The highest BCUT2D eigenvalue weighted by molar-refractivity contribution is 5.39. The molecule has 0 bridgehead atoms. The molecule has 1 aliphatic heterocycles. The van der Waals surface area contributed by atoms with Crippen LogP contribution in [0.1, 0.15) is 24.2 Å². The van der Waals surface area contributed by atoms with E-state index in [9.17, 15) is 0 Å². The number of hydrogen-bond acceptors (Lipinski definition) is 3. The van der Waals surface area contributed by atoms with Gasteiger partial charge < -0.3 is 10.1 Å². The fourth-order valence-corrected chi connectivity index (χ4v) is 2.15. The van der Waals surface area contributed by atoms with Crippen LogP contribution in [-0.2, 0) is 6.54 Å². The van der Waals surface area contributed by atoms with Crippen LogP contribution < -0.4 is 10.1 Å². The van der Waals surface area contributed by atoms with Gasteiger partial charge in [-0.3, -0.25) is 0 Å². The maximum Gasteiger partial charge on any atom is 0.119 e. The van der Waals surface area contributed by atoms with Crippen molar-refractivity contribution in [1.29, 1.82) is 0 Å². The summed E-state index contributed by atoms with van der Waals surface area (Å²) in [5.74, 6) is 0.864. The second-order valence-corrected chi connectivity index (χ2v) is 4.28. The Bertz CT molecular complexity index is 530. The van der Waals surface area contributed by atoms with Gasteiger partial charge in [-0.05, 0) is 31.2 Å². The summed E-state index contributed by atoms with van der Waals surface area (Å²) in [6.45, 7) is 3.02. The Labute approximate surface area is 100 Å². The molecule has 0 amide bonds. The lowest BCUT2D eigenvalue weighted by Crippen LogP contribution is -2.09. The maximum absolute atomic E-state index is 5.14. The maximum atomic E-state index is 5.14. The minimum atomic E-state index is 0.400. The molecule has 1 atom stereocenters. The van der Waals surface area contributed by atoms with Crippen LogP contribution in [0.25, 0.3) is 5.69 Å². The topological polar surface area (TPSA) is 39.1 Å². The lowest BCUT2D eigenvalue weighted by molar-refractivity contribution is 0.414. The summed E-state index contributed by atoms with van der Waals surface area (Å²) in [6, 6.07) is 8.32. The molecule has 1 aromatic carbocycles. The first kappa shape index (κ1) is 10.4. The van der Waals surface area contributed by atoms with Gasteiger partial charge in [-0.15, -0.1) is 0 Å². The molecule has 4 nitrogen and oxygen atoms in total. The van der Waals surface area contributed by atoms with Crippen molar-refractivity contribution >= 4 is 0 Å². The van der Waals surface area contributed by atoms with E-state index in [1.807, 2.05) is 28.9 Å². The molecule has 88 valence electrons. The van der Waals surface area contributed by atoms with E-state index in [4.69, 9.17) is 4.74 Å². The summed E-state index contributed by atoms with van der Waals surface area (Å²) in [5.41, 5.74) is 3.50. The summed E-state index contributed by atoms with van der Waals surface area (Å²) in [7, 11) is 1.67. The molecule has 2 heterocycles. The SMILES string of the molecule is COc1ccc(-n2cc3c(n2)CNC3C)cc1. The van der Waals surface area contributed by atoms with Crippen molar-refractivity contribution < 1.29 is 4.74 Å². The quantitative estimate of drug-likeness (QED) is 0.856. The van der Waals surface area contributed by atoms with Crippen molar-refractivity contribution in [2.75, 3.05) is 7.11 Å². The summed E-state index contributed by atoms with van der Waals surface area (Å²) in [5, 5.41) is 7.95. The van der Waals surface area contributed by atoms with E-state index >= 15 is 0 Å². The van der Waals surface area contributed by atoms with Gasteiger partial charge in [0, 0.05) is 24.3 Å². The van der Waals surface area contributed by atoms with Crippen LogP contribution in [0, 0.1) is 0 Å². The monoisotopic (exact) mass is 229 g/mol. The van der Waals surface area contributed by atoms with E-state index in [2.05, 4.69) is 23.5 Å². The molecule has 1 aromatic heterocycles. The first-order valence-electron chi connectivity index (χ1n) is 5.74. The van der Waals surface area contributed by atoms with Gasteiger partial charge in [0.2, 0.25) is 0 Å². The predicted octanol–water partition coefficient (Wildman–Crippen LogP) is 2.05. The van der Waals surface area contributed by atoms with Crippen LogP contribution >= 0.6 is 0 Å². The predicted molar refractivity (Wildman–Crippen MR) is 65.4 cm³/mol. The van der Waals surface area contributed by atoms with Gasteiger partial charge in [-0.1, -0.05) is 0 Å². The molecule has 1 N–H and O–H groups in total. The third-order valence-electron chi connectivity index (χ3n) is 3.20. The average molecular weight is 229 g/mol. The molecule has 0 fully saturated rings. The molecule has 17 heavy (non-hydrogen) atoms. The molecule has 0 radical (unpaired) electrons. The van der Waals surface area contributed by atoms with Gasteiger partial charge in [-0.25, -0.2) is 4.68 Å². The molecule has 3 rings (SSSR count). The largest absolute Gasteiger partial charge is 0.497 e. The molecular formula is C13H15N3O. The Hall–Kier alpha value is -1.81. The zero-order chi connectivity index (χ0) is 11.8. The molecule has 0 aliphatic carbocycles. The van der Waals surface area contributed by atoms with E-state index < -0.39 is 0 Å². The van der Waals surface area contributed by atoms with Gasteiger partial charge in [0.1, 0.15) is 5.75 Å². The lowest BCUT2D eigenvalue weighted by atomic mass is 10.2. The highest BCUT2D eigenvalue weighted by atomic mass is 16.5. The first-order valence-corrected chi connectivity index (χ1v) is 5.74. The summed E-state index contributed by atoms with van der Waals surface area (Å²) in [6.07, 6.45) is 2.10. The molecule has 1 unspecified atom stereocenters. The third-order valence-corrected chi connectivity index (χ3v) is 3.20. The van der Waals surface area contributed by atoms with Crippen LogP contribution in [0.15, 0.2) is 30.5 Å². The highest BCUT2D eigenvalue weighted by Crippen LogP contribution is 2.25. The van der Waals surface area contributed by atoms with Crippen LogP contribution in [0.3, 0.4) is 0 Å². The number of benzene rings is 1. The van der Waals surface area contributed by atoms with Gasteiger partial charge >= 0.3 is 0 Å². The number of fused-ring (bicyclic) bond motifs is 1. The second-order valence-electron chi connectivity index (χ2n) is 4.28. The number of ether oxygens (including phenoxy) is 1. The summed E-state index contributed by atoms with van der Waals surface area (Å²) in [4.78, 5) is 0. The average Bonchev–Trinajstić information content (AvgIpc) is 2.92. The minimum Gasteiger partial charge on any atom is -0.497 e. The number of nitrogens with zero attached hydrogens (tertiary/aromatic N) is 2. The summed E-state index contributed by atoms with van der Waals surface area (Å²) >= 11 is 0. The second kappa shape index (κ2) is 3.89. The minimum absolute atomic E-state index is 0.400. The molecule has 0 saturated carbocycles.